The SMILES string of the molecule is CC(=O)c1cccc(OC[C@@H](O)CNCCN(C(C)C)C(C)C)c1. The molecule has 0 fully saturated rings. The molecule has 0 unspecified atom stereocenters. The molecule has 136 valence electrons. The third kappa shape index (κ3) is 7.43. The quantitative estimate of drug-likeness (QED) is 0.480. The molecule has 1 aromatic rings. The van der Waals surface area contributed by atoms with Gasteiger partial charge in [-0.2, -0.15) is 0 Å². The minimum absolute atomic E-state index is 0.00234. The van der Waals surface area contributed by atoms with Crippen molar-refractivity contribution >= 4 is 5.78 Å². The molecule has 1 aromatic carbocycles. The summed E-state index contributed by atoms with van der Waals surface area (Å²) in [4.78, 5) is 13.7. The zero-order chi connectivity index (χ0) is 18.1. The van der Waals surface area contributed by atoms with E-state index >= 15 is 0 Å². The lowest BCUT2D eigenvalue weighted by molar-refractivity contribution is 0.101. The number of aliphatic hydroxyl groups excluding tert-OH is 1. The molecular weight excluding hydrogens is 304 g/mol. The van der Waals surface area contributed by atoms with Gasteiger partial charge in [0.15, 0.2) is 5.78 Å². The van der Waals surface area contributed by atoms with E-state index in [0.29, 0.717) is 29.9 Å². The van der Waals surface area contributed by atoms with Crippen molar-refractivity contribution in [2.45, 2.75) is 52.8 Å². The van der Waals surface area contributed by atoms with Crippen LogP contribution in [0.5, 0.6) is 5.75 Å². The van der Waals surface area contributed by atoms with Crippen molar-refractivity contribution in [3.63, 3.8) is 0 Å². The molecule has 24 heavy (non-hydrogen) atoms. The average molecular weight is 336 g/mol. The van der Waals surface area contributed by atoms with Gasteiger partial charge < -0.3 is 15.2 Å². The summed E-state index contributed by atoms with van der Waals surface area (Å²) >= 11 is 0. The van der Waals surface area contributed by atoms with Gasteiger partial charge >= 0.3 is 0 Å². The van der Waals surface area contributed by atoms with Crippen molar-refractivity contribution in [3.8, 4) is 5.75 Å². The van der Waals surface area contributed by atoms with Gasteiger partial charge in [-0.15, -0.1) is 0 Å². The fraction of sp³-hybridized carbons (Fsp3) is 0.632. The molecular formula is C19H32N2O3. The Kier molecular flexibility index (Phi) is 8.97. The van der Waals surface area contributed by atoms with Gasteiger partial charge in [0.1, 0.15) is 18.5 Å². The number of benzene rings is 1. The Labute approximate surface area is 146 Å². The smallest absolute Gasteiger partial charge is 0.159 e. The number of rotatable bonds is 11. The van der Waals surface area contributed by atoms with Crippen molar-refractivity contribution in [1.29, 1.82) is 0 Å². The number of ketones is 1. The van der Waals surface area contributed by atoms with Crippen molar-refractivity contribution in [2.24, 2.45) is 0 Å². The number of carbonyl (C=O) groups is 1. The Morgan fingerprint density at radius 3 is 2.50 bits per heavy atom. The van der Waals surface area contributed by atoms with E-state index < -0.39 is 6.10 Å². The lowest BCUT2D eigenvalue weighted by atomic mass is 10.1. The number of Topliss-reactive ketones (excluding diaryl/α,β-unsaturated/α-hetero) is 1. The highest BCUT2D eigenvalue weighted by Crippen LogP contribution is 2.14. The van der Waals surface area contributed by atoms with Gasteiger partial charge in [-0.3, -0.25) is 9.69 Å². The molecule has 0 aliphatic carbocycles. The molecule has 5 heteroatoms. The maximum Gasteiger partial charge on any atom is 0.159 e. The second-order valence-electron chi connectivity index (χ2n) is 6.68. The van der Waals surface area contributed by atoms with E-state index in [9.17, 15) is 9.90 Å². The summed E-state index contributed by atoms with van der Waals surface area (Å²) in [5.74, 6) is 0.607. The van der Waals surface area contributed by atoms with E-state index in [2.05, 4.69) is 37.9 Å². The van der Waals surface area contributed by atoms with E-state index in [0.717, 1.165) is 13.1 Å². The highest BCUT2D eigenvalue weighted by atomic mass is 16.5. The Morgan fingerprint density at radius 1 is 1.25 bits per heavy atom. The first-order valence-electron chi connectivity index (χ1n) is 8.69. The number of nitrogens with zero attached hydrogens (tertiary/aromatic N) is 1. The highest BCUT2D eigenvalue weighted by Gasteiger charge is 2.13. The average Bonchev–Trinajstić information content (AvgIpc) is 2.52. The molecule has 0 aliphatic rings. The predicted octanol–water partition coefficient (Wildman–Crippen LogP) is 2.34. The monoisotopic (exact) mass is 336 g/mol. The Bertz CT molecular complexity index is 495. The van der Waals surface area contributed by atoms with Gasteiger partial charge in [-0.05, 0) is 46.8 Å². The van der Waals surface area contributed by atoms with Crippen LogP contribution in [0.25, 0.3) is 0 Å². The number of nitrogens with one attached hydrogen (secondary N) is 1. The van der Waals surface area contributed by atoms with Crippen LogP contribution in [0, 0.1) is 0 Å². The van der Waals surface area contributed by atoms with Crippen LogP contribution in [-0.4, -0.2) is 60.2 Å². The standard InChI is InChI=1S/C19H32N2O3/c1-14(2)21(15(3)4)10-9-20-12-18(23)13-24-19-8-6-7-17(11-19)16(5)22/h6-8,11,14-15,18,20,23H,9-10,12-13H2,1-5H3/t18-/m0/s1. The third-order valence-corrected chi connectivity index (χ3v) is 3.94. The van der Waals surface area contributed by atoms with Crippen LogP contribution < -0.4 is 10.1 Å². The van der Waals surface area contributed by atoms with E-state index in [4.69, 9.17) is 4.74 Å². The van der Waals surface area contributed by atoms with Crippen molar-refractivity contribution in [1.82, 2.24) is 10.2 Å². The highest BCUT2D eigenvalue weighted by molar-refractivity contribution is 5.94. The second-order valence-corrected chi connectivity index (χ2v) is 6.68. The van der Waals surface area contributed by atoms with Gasteiger partial charge in [0.2, 0.25) is 0 Å². The topological polar surface area (TPSA) is 61.8 Å². The van der Waals surface area contributed by atoms with Gasteiger partial charge in [0, 0.05) is 37.3 Å². The number of ether oxygens (including phenoxy) is 1. The van der Waals surface area contributed by atoms with Gasteiger partial charge in [0.25, 0.3) is 0 Å². The molecule has 0 heterocycles. The third-order valence-electron chi connectivity index (χ3n) is 3.94. The largest absolute Gasteiger partial charge is 0.491 e. The Balaban J connectivity index is 2.28. The van der Waals surface area contributed by atoms with Crippen LogP contribution in [0.15, 0.2) is 24.3 Å². The number of carbonyl (C=O) groups excluding carboxylic acids is 1. The van der Waals surface area contributed by atoms with E-state index in [1.165, 1.54) is 6.92 Å². The Hall–Kier alpha value is -1.43. The molecule has 5 nitrogen and oxygen atoms in total. The molecule has 0 aromatic heterocycles. The first-order chi connectivity index (χ1) is 11.3. The number of hydrogen-bond donors (Lipinski definition) is 2. The molecule has 1 atom stereocenters. The zero-order valence-electron chi connectivity index (χ0n) is 15.6. The van der Waals surface area contributed by atoms with Crippen molar-refractivity contribution in [3.05, 3.63) is 29.8 Å². The summed E-state index contributed by atoms with van der Waals surface area (Å²) in [6, 6.07) is 8.04. The maximum atomic E-state index is 11.3. The zero-order valence-corrected chi connectivity index (χ0v) is 15.6. The predicted molar refractivity (Wildman–Crippen MR) is 97.8 cm³/mol. The lowest BCUT2D eigenvalue weighted by Gasteiger charge is -2.30. The fourth-order valence-corrected chi connectivity index (χ4v) is 2.65. The first-order valence-corrected chi connectivity index (χ1v) is 8.69. The van der Waals surface area contributed by atoms with Gasteiger partial charge in [-0.1, -0.05) is 12.1 Å². The van der Waals surface area contributed by atoms with Gasteiger partial charge in [0.05, 0.1) is 0 Å². The summed E-state index contributed by atoms with van der Waals surface area (Å²) in [6.45, 7) is 12.8. The minimum atomic E-state index is -0.586. The molecule has 0 saturated carbocycles. The second kappa shape index (κ2) is 10.4. The maximum absolute atomic E-state index is 11.3. The van der Waals surface area contributed by atoms with E-state index in [1.54, 1.807) is 24.3 Å². The lowest BCUT2D eigenvalue weighted by Crippen LogP contribution is -2.43. The Morgan fingerprint density at radius 2 is 1.92 bits per heavy atom. The molecule has 2 N–H and O–H groups in total. The van der Waals surface area contributed by atoms with Crippen molar-refractivity contribution in [2.75, 3.05) is 26.2 Å². The molecule has 0 spiro atoms. The summed E-state index contributed by atoms with van der Waals surface area (Å²) in [5.41, 5.74) is 0.613. The molecule has 0 aliphatic heterocycles. The number of hydrogen-bond acceptors (Lipinski definition) is 5. The normalized spacial score (nSPS) is 12.9. The molecule has 0 bridgehead atoms. The molecule has 0 radical (unpaired) electrons. The summed E-state index contributed by atoms with van der Waals surface area (Å²) < 4.78 is 5.56. The summed E-state index contributed by atoms with van der Waals surface area (Å²) in [6.07, 6.45) is -0.586. The summed E-state index contributed by atoms with van der Waals surface area (Å²) in [5, 5.41) is 13.3. The van der Waals surface area contributed by atoms with Crippen molar-refractivity contribution < 1.29 is 14.6 Å². The number of aliphatic hydroxyl groups is 1. The van der Waals surface area contributed by atoms with E-state index in [-0.39, 0.29) is 12.4 Å². The minimum Gasteiger partial charge on any atom is -0.491 e. The molecule has 0 saturated heterocycles. The van der Waals surface area contributed by atoms with Crippen LogP contribution in [-0.2, 0) is 0 Å². The van der Waals surface area contributed by atoms with E-state index in [1.807, 2.05) is 0 Å². The van der Waals surface area contributed by atoms with Gasteiger partial charge in [-0.25, -0.2) is 0 Å². The molecule has 1 rings (SSSR count). The summed E-state index contributed by atoms with van der Waals surface area (Å²) in [7, 11) is 0. The van der Waals surface area contributed by atoms with Crippen LogP contribution in [0.2, 0.25) is 0 Å². The fourth-order valence-electron chi connectivity index (χ4n) is 2.65. The van der Waals surface area contributed by atoms with Crippen LogP contribution in [0.4, 0.5) is 0 Å². The van der Waals surface area contributed by atoms with Crippen LogP contribution in [0.3, 0.4) is 0 Å². The van der Waals surface area contributed by atoms with Crippen LogP contribution >= 0.6 is 0 Å². The van der Waals surface area contributed by atoms with Crippen LogP contribution in [0.1, 0.15) is 45.0 Å². The molecule has 0 amide bonds. The first kappa shape index (κ1) is 20.6.